The van der Waals surface area contributed by atoms with Crippen LogP contribution in [0, 0.1) is 6.92 Å². The van der Waals surface area contributed by atoms with Crippen molar-refractivity contribution in [2.45, 2.75) is 19.1 Å². The molecule has 0 saturated heterocycles. The van der Waals surface area contributed by atoms with Gasteiger partial charge in [0.15, 0.2) is 0 Å². The van der Waals surface area contributed by atoms with Crippen LogP contribution in [0.1, 0.15) is 23.3 Å². The predicted molar refractivity (Wildman–Crippen MR) is 58.1 cm³/mol. The van der Waals surface area contributed by atoms with Gasteiger partial charge >= 0.3 is 0 Å². The number of carbonyl (C=O) groups excluding carboxylic acids is 1. The lowest BCUT2D eigenvalue weighted by molar-refractivity contribution is -0.105. The van der Waals surface area contributed by atoms with Gasteiger partial charge in [-0.3, -0.25) is 0 Å². The molecule has 0 aliphatic heterocycles. The van der Waals surface area contributed by atoms with Crippen LogP contribution in [0.3, 0.4) is 0 Å². The predicted octanol–water partition coefficient (Wildman–Crippen LogP) is 2.99. The zero-order valence-corrected chi connectivity index (χ0v) is 8.80. The fourth-order valence-electron chi connectivity index (χ4n) is 1.12. The van der Waals surface area contributed by atoms with E-state index in [1.165, 1.54) is 11.1 Å². The highest BCUT2D eigenvalue weighted by molar-refractivity contribution is 8.00. The van der Waals surface area contributed by atoms with Gasteiger partial charge in [0.05, 0.1) is 0 Å². The molecule has 0 radical (unpaired) electrons. The Balaban J connectivity index is 2.60. The van der Waals surface area contributed by atoms with Gasteiger partial charge in [-0.15, -0.1) is 11.8 Å². The summed E-state index contributed by atoms with van der Waals surface area (Å²) in [4.78, 5) is 10.2. The van der Waals surface area contributed by atoms with E-state index in [1.807, 2.05) is 0 Å². The van der Waals surface area contributed by atoms with Crippen LogP contribution in [0.15, 0.2) is 24.3 Å². The minimum Gasteiger partial charge on any atom is -0.302 e. The van der Waals surface area contributed by atoms with Gasteiger partial charge in [-0.05, 0) is 19.4 Å². The summed E-state index contributed by atoms with van der Waals surface area (Å²) in [6, 6.07) is 8.45. The maximum atomic E-state index is 10.2. The average molecular weight is 194 g/mol. The molecule has 2 heteroatoms. The summed E-state index contributed by atoms with van der Waals surface area (Å²) in [5.41, 5.74) is 2.56. The van der Waals surface area contributed by atoms with E-state index in [0.29, 0.717) is 11.0 Å². The summed E-state index contributed by atoms with van der Waals surface area (Å²) in [7, 11) is 0. The summed E-state index contributed by atoms with van der Waals surface area (Å²) in [6.45, 7) is 4.20. The number of benzene rings is 1. The molecule has 0 spiro atoms. The smallest absolute Gasteiger partial charge is 0.129 e. The van der Waals surface area contributed by atoms with Gasteiger partial charge in [-0.25, -0.2) is 0 Å². The van der Waals surface area contributed by atoms with Crippen molar-refractivity contribution in [1.29, 1.82) is 0 Å². The van der Waals surface area contributed by atoms with E-state index < -0.39 is 0 Å². The number of aryl methyl sites for hydroxylation is 1. The Morgan fingerprint density at radius 3 is 2.54 bits per heavy atom. The molecular formula is C11H14OS. The zero-order chi connectivity index (χ0) is 9.68. The van der Waals surface area contributed by atoms with Crippen molar-refractivity contribution in [3.05, 3.63) is 35.4 Å². The van der Waals surface area contributed by atoms with Crippen molar-refractivity contribution in [3.63, 3.8) is 0 Å². The Morgan fingerprint density at radius 1 is 1.38 bits per heavy atom. The summed E-state index contributed by atoms with van der Waals surface area (Å²) in [5, 5.41) is 0.408. The fourth-order valence-corrected chi connectivity index (χ4v) is 1.83. The number of hydrogen-bond acceptors (Lipinski definition) is 2. The third-order valence-corrected chi connectivity index (χ3v) is 3.06. The van der Waals surface area contributed by atoms with E-state index in [2.05, 4.69) is 38.1 Å². The molecule has 1 unspecified atom stereocenters. The SMILES string of the molecule is Cc1ccc(C(C)SCC=O)cc1. The van der Waals surface area contributed by atoms with E-state index in [0.717, 1.165) is 6.29 Å². The molecule has 1 rings (SSSR count). The molecule has 0 heterocycles. The van der Waals surface area contributed by atoms with Crippen LogP contribution in [0.4, 0.5) is 0 Å². The molecule has 0 N–H and O–H groups in total. The molecular weight excluding hydrogens is 180 g/mol. The van der Waals surface area contributed by atoms with E-state index in [9.17, 15) is 4.79 Å². The fraction of sp³-hybridized carbons (Fsp3) is 0.364. The van der Waals surface area contributed by atoms with Crippen LogP contribution < -0.4 is 0 Å². The van der Waals surface area contributed by atoms with Crippen molar-refractivity contribution in [2.24, 2.45) is 0 Å². The Labute approximate surface area is 83.5 Å². The van der Waals surface area contributed by atoms with E-state index in [1.54, 1.807) is 11.8 Å². The van der Waals surface area contributed by atoms with Crippen LogP contribution in [0.25, 0.3) is 0 Å². The summed E-state index contributed by atoms with van der Waals surface area (Å²) >= 11 is 1.67. The topological polar surface area (TPSA) is 17.1 Å². The first-order valence-electron chi connectivity index (χ1n) is 4.36. The Morgan fingerprint density at radius 2 is 2.00 bits per heavy atom. The normalized spacial score (nSPS) is 12.5. The van der Waals surface area contributed by atoms with Gasteiger partial charge in [-0.1, -0.05) is 29.8 Å². The van der Waals surface area contributed by atoms with Gasteiger partial charge < -0.3 is 4.79 Å². The summed E-state index contributed by atoms with van der Waals surface area (Å²) in [6.07, 6.45) is 0.954. The third-order valence-electron chi connectivity index (χ3n) is 1.96. The second-order valence-electron chi connectivity index (χ2n) is 3.05. The van der Waals surface area contributed by atoms with Gasteiger partial charge in [-0.2, -0.15) is 0 Å². The van der Waals surface area contributed by atoms with Gasteiger partial charge in [0.1, 0.15) is 6.29 Å². The maximum absolute atomic E-state index is 10.2. The molecule has 70 valence electrons. The van der Waals surface area contributed by atoms with Crippen molar-refractivity contribution in [1.82, 2.24) is 0 Å². The number of aldehydes is 1. The molecule has 1 aromatic rings. The van der Waals surface area contributed by atoms with Crippen molar-refractivity contribution < 1.29 is 4.79 Å². The quantitative estimate of drug-likeness (QED) is 0.685. The summed E-state index contributed by atoms with van der Waals surface area (Å²) < 4.78 is 0. The van der Waals surface area contributed by atoms with Gasteiger partial charge in [0.2, 0.25) is 0 Å². The third kappa shape index (κ3) is 3.23. The average Bonchev–Trinajstić information content (AvgIpc) is 2.15. The first-order valence-corrected chi connectivity index (χ1v) is 5.40. The number of rotatable bonds is 4. The standard InChI is InChI=1S/C11H14OS/c1-9-3-5-11(6-4-9)10(2)13-8-7-12/h3-7,10H,8H2,1-2H3. The Bertz CT molecular complexity index is 266. The highest BCUT2D eigenvalue weighted by Gasteiger charge is 2.03. The molecule has 0 fully saturated rings. The molecule has 13 heavy (non-hydrogen) atoms. The van der Waals surface area contributed by atoms with Crippen LogP contribution in [-0.2, 0) is 4.79 Å². The minimum absolute atomic E-state index is 0.408. The molecule has 1 atom stereocenters. The van der Waals surface area contributed by atoms with Crippen LogP contribution in [-0.4, -0.2) is 12.0 Å². The van der Waals surface area contributed by atoms with E-state index in [-0.39, 0.29) is 0 Å². The first kappa shape index (κ1) is 10.3. The second kappa shape index (κ2) is 5.07. The monoisotopic (exact) mass is 194 g/mol. The molecule has 0 aromatic heterocycles. The zero-order valence-electron chi connectivity index (χ0n) is 7.99. The van der Waals surface area contributed by atoms with Gasteiger partial charge in [0.25, 0.3) is 0 Å². The molecule has 0 aliphatic carbocycles. The number of carbonyl (C=O) groups is 1. The van der Waals surface area contributed by atoms with Gasteiger partial charge in [0, 0.05) is 11.0 Å². The van der Waals surface area contributed by atoms with Crippen LogP contribution in [0.5, 0.6) is 0 Å². The molecule has 0 aliphatic rings. The highest BCUT2D eigenvalue weighted by Crippen LogP contribution is 2.27. The first-order chi connectivity index (χ1) is 6.24. The molecule has 0 amide bonds. The number of hydrogen-bond donors (Lipinski definition) is 0. The molecule has 0 saturated carbocycles. The second-order valence-corrected chi connectivity index (χ2v) is 4.43. The molecule has 1 nitrogen and oxygen atoms in total. The lowest BCUT2D eigenvalue weighted by Gasteiger charge is -2.09. The van der Waals surface area contributed by atoms with Crippen molar-refractivity contribution in [3.8, 4) is 0 Å². The highest BCUT2D eigenvalue weighted by atomic mass is 32.2. The Kier molecular flexibility index (Phi) is 4.03. The van der Waals surface area contributed by atoms with E-state index in [4.69, 9.17) is 0 Å². The molecule has 1 aromatic carbocycles. The maximum Gasteiger partial charge on any atom is 0.129 e. The van der Waals surface area contributed by atoms with Crippen LogP contribution >= 0.6 is 11.8 Å². The lowest BCUT2D eigenvalue weighted by atomic mass is 10.1. The molecule has 0 bridgehead atoms. The van der Waals surface area contributed by atoms with Crippen molar-refractivity contribution in [2.75, 3.05) is 5.75 Å². The number of thioether (sulfide) groups is 1. The summed E-state index contributed by atoms with van der Waals surface area (Å²) in [5.74, 6) is 0.578. The van der Waals surface area contributed by atoms with E-state index >= 15 is 0 Å². The Hall–Kier alpha value is -0.760. The lowest BCUT2D eigenvalue weighted by Crippen LogP contribution is -1.90. The minimum atomic E-state index is 0.408. The van der Waals surface area contributed by atoms with Crippen LogP contribution in [0.2, 0.25) is 0 Å². The van der Waals surface area contributed by atoms with Crippen molar-refractivity contribution >= 4 is 18.0 Å². The largest absolute Gasteiger partial charge is 0.302 e.